The quantitative estimate of drug-likeness (QED) is 0.367. The summed E-state index contributed by atoms with van der Waals surface area (Å²) in [5, 5.41) is 0. The Morgan fingerprint density at radius 3 is 2.33 bits per heavy atom. The third kappa shape index (κ3) is 3.12. The van der Waals surface area contributed by atoms with Crippen LogP contribution in [0.3, 0.4) is 0 Å². The van der Waals surface area contributed by atoms with Gasteiger partial charge >= 0.3 is 6.18 Å². The highest BCUT2D eigenvalue weighted by Gasteiger charge is 2.32. The van der Waals surface area contributed by atoms with Crippen molar-refractivity contribution in [1.82, 2.24) is 4.57 Å². The van der Waals surface area contributed by atoms with Gasteiger partial charge in [0.25, 0.3) is 0 Å². The summed E-state index contributed by atoms with van der Waals surface area (Å²) in [6, 6.07) is 26.6. The molecule has 0 N–H and O–H groups in total. The molecule has 2 heterocycles. The van der Waals surface area contributed by atoms with Crippen molar-refractivity contribution in [3.8, 4) is 5.69 Å². The fourth-order valence-corrected chi connectivity index (χ4v) is 3.94. The van der Waals surface area contributed by atoms with Crippen LogP contribution in [-0.2, 0) is 6.18 Å². The summed E-state index contributed by atoms with van der Waals surface area (Å²) in [4.78, 5) is 5.02. The van der Waals surface area contributed by atoms with E-state index in [0.29, 0.717) is 11.3 Å². The Morgan fingerprint density at radius 2 is 1.53 bits per heavy atom. The van der Waals surface area contributed by atoms with E-state index in [0.717, 1.165) is 28.6 Å². The van der Waals surface area contributed by atoms with Crippen molar-refractivity contribution < 1.29 is 13.2 Å². The Morgan fingerprint density at radius 1 is 0.767 bits per heavy atom. The van der Waals surface area contributed by atoms with E-state index in [9.17, 15) is 13.2 Å². The summed E-state index contributed by atoms with van der Waals surface area (Å²) in [7, 11) is 0. The molecule has 0 saturated heterocycles. The Balaban J connectivity index is 1.78. The van der Waals surface area contributed by atoms with Gasteiger partial charge in [-0.3, -0.25) is 4.99 Å². The second-order valence-corrected chi connectivity index (χ2v) is 7.19. The van der Waals surface area contributed by atoms with Gasteiger partial charge in [0.1, 0.15) is 6.04 Å². The van der Waals surface area contributed by atoms with Crippen LogP contribution in [0.15, 0.2) is 102 Å². The molecule has 0 amide bonds. The van der Waals surface area contributed by atoms with Crippen LogP contribution >= 0.6 is 0 Å². The van der Waals surface area contributed by atoms with Crippen LogP contribution in [0.4, 0.5) is 13.2 Å². The highest BCUT2D eigenvalue weighted by Crippen LogP contribution is 2.36. The molecule has 0 fully saturated rings. The molecule has 5 heteroatoms. The Kier molecular flexibility index (Phi) is 4.31. The van der Waals surface area contributed by atoms with Gasteiger partial charge in [-0.15, -0.1) is 0 Å². The Labute approximate surface area is 172 Å². The number of aromatic nitrogens is 1. The molecule has 2 nitrogen and oxygen atoms in total. The van der Waals surface area contributed by atoms with Crippen LogP contribution in [0, 0.1) is 0 Å². The van der Waals surface area contributed by atoms with E-state index < -0.39 is 11.7 Å². The van der Waals surface area contributed by atoms with Gasteiger partial charge in [-0.25, -0.2) is 0 Å². The normalized spacial score (nSPS) is 15.7. The van der Waals surface area contributed by atoms with Gasteiger partial charge in [0.05, 0.1) is 22.7 Å². The number of hydrogen-bond donors (Lipinski definition) is 0. The van der Waals surface area contributed by atoms with E-state index in [1.807, 2.05) is 77.5 Å². The first-order chi connectivity index (χ1) is 14.5. The molecule has 148 valence electrons. The maximum Gasteiger partial charge on any atom is 0.416 e. The molecule has 1 aliphatic rings. The predicted molar refractivity (Wildman–Crippen MR) is 111 cm³/mol. The lowest BCUT2D eigenvalue weighted by molar-refractivity contribution is -0.137. The number of fused-ring (bicyclic) bond motifs is 3. The van der Waals surface area contributed by atoms with E-state index in [2.05, 4.69) is 0 Å². The number of benzene rings is 3. The number of rotatable bonds is 2. The molecule has 1 atom stereocenters. The van der Waals surface area contributed by atoms with Gasteiger partial charge in [0, 0.05) is 17.3 Å². The van der Waals surface area contributed by atoms with Gasteiger partial charge in [-0.2, -0.15) is 13.2 Å². The molecule has 3 aromatic carbocycles. The summed E-state index contributed by atoms with van der Waals surface area (Å²) in [6.45, 7) is 0. The van der Waals surface area contributed by atoms with Crippen LogP contribution in [0.5, 0.6) is 0 Å². The van der Waals surface area contributed by atoms with E-state index in [-0.39, 0.29) is 6.04 Å². The third-order valence-corrected chi connectivity index (χ3v) is 5.32. The average molecular weight is 402 g/mol. The fourth-order valence-electron chi connectivity index (χ4n) is 3.94. The maximum absolute atomic E-state index is 13.4. The average Bonchev–Trinajstić information content (AvgIpc) is 3.19. The molecule has 0 unspecified atom stereocenters. The van der Waals surface area contributed by atoms with E-state index in [1.54, 1.807) is 6.07 Å². The number of aliphatic imine (C=N–C) groups is 1. The van der Waals surface area contributed by atoms with Crippen molar-refractivity contribution >= 4 is 5.71 Å². The molecule has 0 bridgehead atoms. The number of hydrogen-bond acceptors (Lipinski definition) is 1. The molecule has 4 aromatic rings. The largest absolute Gasteiger partial charge is 0.416 e. The highest BCUT2D eigenvalue weighted by molar-refractivity contribution is 6.13. The topological polar surface area (TPSA) is 17.3 Å². The van der Waals surface area contributed by atoms with Gasteiger partial charge in [0.2, 0.25) is 0 Å². The van der Waals surface area contributed by atoms with Gasteiger partial charge < -0.3 is 4.57 Å². The molecular formula is C25H17F3N2. The minimum atomic E-state index is -4.41. The standard InChI is InChI=1S/C25H17F3N2/c26-25(27,28)19-11-6-10-18(16-19)24-22-14-7-15-30(22)21-13-5-4-12-20(21)23(29-24)17-8-2-1-3-9-17/h1-16,23H/t23-/m1/s1. The summed E-state index contributed by atoms with van der Waals surface area (Å²) in [6.07, 6.45) is -2.49. The molecule has 1 aliphatic heterocycles. The first kappa shape index (κ1) is 18.4. The van der Waals surface area contributed by atoms with Crippen LogP contribution < -0.4 is 0 Å². The van der Waals surface area contributed by atoms with Crippen molar-refractivity contribution in [3.63, 3.8) is 0 Å². The van der Waals surface area contributed by atoms with Gasteiger partial charge in [-0.05, 0) is 35.9 Å². The maximum atomic E-state index is 13.4. The fraction of sp³-hybridized carbons (Fsp3) is 0.0800. The van der Waals surface area contributed by atoms with Crippen LogP contribution in [0.1, 0.15) is 34.0 Å². The second kappa shape index (κ2) is 7.02. The van der Waals surface area contributed by atoms with Crippen molar-refractivity contribution in [2.75, 3.05) is 0 Å². The first-order valence-corrected chi connectivity index (χ1v) is 9.60. The molecule has 1 aromatic heterocycles. The van der Waals surface area contributed by atoms with Gasteiger partial charge in [0.15, 0.2) is 0 Å². The van der Waals surface area contributed by atoms with Crippen molar-refractivity contribution in [3.05, 3.63) is 125 Å². The number of halogens is 3. The first-order valence-electron chi connectivity index (χ1n) is 9.60. The van der Waals surface area contributed by atoms with E-state index in [1.165, 1.54) is 12.1 Å². The molecule has 30 heavy (non-hydrogen) atoms. The number of para-hydroxylation sites is 1. The highest BCUT2D eigenvalue weighted by atomic mass is 19.4. The van der Waals surface area contributed by atoms with Crippen molar-refractivity contribution in [2.45, 2.75) is 12.2 Å². The lowest BCUT2D eigenvalue weighted by atomic mass is 9.97. The van der Waals surface area contributed by atoms with Crippen molar-refractivity contribution in [2.24, 2.45) is 4.99 Å². The molecule has 0 spiro atoms. The zero-order valence-corrected chi connectivity index (χ0v) is 15.8. The molecular weight excluding hydrogens is 385 g/mol. The molecule has 5 rings (SSSR count). The minimum Gasteiger partial charge on any atom is -0.315 e. The van der Waals surface area contributed by atoms with Crippen LogP contribution in [-0.4, -0.2) is 10.3 Å². The molecule has 0 radical (unpaired) electrons. The smallest absolute Gasteiger partial charge is 0.315 e. The van der Waals surface area contributed by atoms with Crippen molar-refractivity contribution in [1.29, 1.82) is 0 Å². The Hall–Kier alpha value is -3.60. The minimum absolute atomic E-state index is 0.327. The second-order valence-electron chi connectivity index (χ2n) is 7.19. The van der Waals surface area contributed by atoms with Gasteiger partial charge in [-0.1, -0.05) is 60.7 Å². The zero-order valence-electron chi connectivity index (χ0n) is 15.8. The van der Waals surface area contributed by atoms with E-state index >= 15 is 0 Å². The SMILES string of the molecule is FC(F)(F)c1cccc(C2=N[C@H](c3ccccc3)c3ccccc3-n3cccc32)c1. The summed E-state index contributed by atoms with van der Waals surface area (Å²) >= 11 is 0. The lowest BCUT2D eigenvalue weighted by Gasteiger charge is -2.16. The van der Waals surface area contributed by atoms with Crippen LogP contribution in [0.2, 0.25) is 0 Å². The Bertz CT molecular complexity index is 1240. The third-order valence-electron chi connectivity index (χ3n) is 5.32. The van der Waals surface area contributed by atoms with E-state index in [4.69, 9.17) is 4.99 Å². The predicted octanol–water partition coefficient (Wildman–Crippen LogP) is 6.44. The summed E-state index contributed by atoms with van der Waals surface area (Å²) < 4.78 is 42.1. The summed E-state index contributed by atoms with van der Waals surface area (Å²) in [5.74, 6) is 0. The molecule has 0 saturated carbocycles. The van der Waals surface area contributed by atoms with Crippen LogP contribution in [0.25, 0.3) is 5.69 Å². The molecule has 0 aliphatic carbocycles. The number of nitrogens with zero attached hydrogens (tertiary/aromatic N) is 2. The zero-order chi connectivity index (χ0) is 20.7. The number of alkyl halides is 3. The summed E-state index contributed by atoms with van der Waals surface area (Å²) in [5.41, 5.74) is 4.02. The lowest BCUT2D eigenvalue weighted by Crippen LogP contribution is -2.11. The monoisotopic (exact) mass is 402 g/mol.